The van der Waals surface area contributed by atoms with Gasteiger partial charge in [0.25, 0.3) is 0 Å². The molecule has 1 aromatic carbocycles. The van der Waals surface area contributed by atoms with Crippen molar-refractivity contribution in [2.24, 2.45) is 0 Å². The maximum atomic E-state index is 14.8. The number of benzene rings is 1. The minimum atomic E-state index is -4.31. The summed E-state index contributed by atoms with van der Waals surface area (Å²) in [7, 11) is 0. The minimum absolute atomic E-state index is 0.386. The first-order valence-corrected chi connectivity index (χ1v) is 8.52. The molecular formula is C15H14BrClF6O4. The van der Waals surface area contributed by atoms with Crippen LogP contribution < -0.4 is 4.74 Å². The molecule has 1 heterocycles. The number of ether oxygens (including phenoxy) is 4. The van der Waals surface area contributed by atoms with Crippen LogP contribution in [0.4, 0.5) is 26.3 Å². The largest absolute Gasteiger partial charge is 0.435 e. The SMILES string of the molecule is CC1(C)OCC(c2ccc(OC(F)F)cc2Cl)(C(F)(F)OCC(F)(F)Br)O1. The standard InChI is InChI=1S/C15H14BrClF6O4/c1-12(2)24-6-13(27-12,15(22,23)25-7-14(16,20)21)9-4-3-8(5-10(9)17)26-11(18)19/h3-5,11H,6-7H2,1-2H3. The van der Waals surface area contributed by atoms with Crippen LogP contribution in [-0.4, -0.2) is 36.6 Å². The van der Waals surface area contributed by atoms with Gasteiger partial charge in [0, 0.05) is 5.56 Å². The van der Waals surface area contributed by atoms with E-state index in [2.05, 4.69) is 9.47 Å². The van der Waals surface area contributed by atoms with Crippen LogP contribution in [-0.2, 0) is 19.8 Å². The molecule has 0 radical (unpaired) electrons. The number of halogens is 8. The van der Waals surface area contributed by atoms with Crippen LogP contribution in [0.2, 0.25) is 5.02 Å². The van der Waals surface area contributed by atoms with E-state index in [9.17, 15) is 26.3 Å². The summed E-state index contributed by atoms with van der Waals surface area (Å²) in [4.78, 5) is -3.72. The average Bonchev–Trinajstić information content (AvgIpc) is 2.81. The van der Waals surface area contributed by atoms with Crippen LogP contribution in [0.25, 0.3) is 0 Å². The van der Waals surface area contributed by atoms with Crippen LogP contribution >= 0.6 is 27.5 Å². The Morgan fingerprint density at radius 1 is 1.26 bits per heavy atom. The molecule has 0 spiro atoms. The first kappa shape index (κ1) is 22.5. The zero-order valence-electron chi connectivity index (χ0n) is 13.9. The highest BCUT2D eigenvalue weighted by Crippen LogP contribution is 2.52. The molecule has 154 valence electrons. The first-order chi connectivity index (χ1) is 12.2. The van der Waals surface area contributed by atoms with Crippen molar-refractivity contribution in [2.75, 3.05) is 13.2 Å². The second kappa shape index (κ2) is 7.58. The van der Waals surface area contributed by atoms with Gasteiger partial charge in [-0.3, -0.25) is 0 Å². The Kier molecular flexibility index (Phi) is 6.33. The summed E-state index contributed by atoms with van der Waals surface area (Å²) in [5.41, 5.74) is -3.10. The number of alkyl halides is 7. The molecule has 1 aliphatic rings. The smallest absolute Gasteiger partial charge is 0.391 e. The molecular weight excluding hydrogens is 474 g/mol. The summed E-state index contributed by atoms with van der Waals surface area (Å²) >= 11 is 7.87. The molecule has 1 fully saturated rings. The van der Waals surface area contributed by atoms with E-state index in [1.165, 1.54) is 13.8 Å². The van der Waals surface area contributed by atoms with Crippen molar-refractivity contribution in [1.29, 1.82) is 0 Å². The van der Waals surface area contributed by atoms with Gasteiger partial charge in [-0.05, 0) is 41.9 Å². The number of hydrogen-bond acceptors (Lipinski definition) is 4. The Hall–Kier alpha value is -0.750. The van der Waals surface area contributed by atoms with Crippen LogP contribution in [0.15, 0.2) is 18.2 Å². The van der Waals surface area contributed by atoms with Gasteiger partial charge in [0.2, 0.25) is 5.60 Å². The summed E-state index contributed by atoms with van der Waals surface area (Å²) < 4.78 is 99.0. The molecule has 4 nitrogen and oxygen atoms in total. The van der Waals surface area contributed by atoms with Gasteiger partial charge in [-0.15, -0.1) is 0 Å². The van der Waals surface area contributed by atoms with Gasteiger partial charge in [-0.2, -0.15) is 26.3 Å². The first-order valence-electron chi connectivity index (χ1n) is 7.35. The Morgan fingerprint density at radius 3 is 2.33 bits per heavy atom. The van der Waals surface area contributed by atoms with Crippen molar-refractivity contribution in [3.05, 3.63) is 28.8 Å². The molecule has 27 heavy (non-hydrogen) atoms. The average molecular weight is 488 g/mol. The Labute approximate surface area is 163 Å². The summed E-state index contributed by atoms with van der Waals surface area (Å²) in [5, 5.41) is -0.427. The van der Waals surface area contributed by atoms with Crippen molar-refractivity contribution in [3.63, 3.8) is 0 Å². The second-order valence-corrected chi connectivity index (χ2v) is 7.63. The minimum Gasteiger partial charge on any atom is -0.435 e. The molecule has 1 saturated heterocycles. The van der Waals surface area contributed by atoms with E-state index in [0.717, 1.165) is 18.2 Å². The highest BCUT2D eigenvalue weighted by Gasteiger charge is 2.65. The normalized spacial score (nSPS) is 23.1. The molecule has 2 rings (SSSR count). The van der Waals surface area contributed by atoms with Crippen molar-refractivity contribution in [3.8, 4) is 5.75 Å². The van der Waals surface area contributed by atoms with E-state index in [0.29, 0.717) is 0 Å². The lowest BCUT2D eigenvalue weighted by atomic mass is 9.92. The lowest BCUT2D eigenvalue weighted by Crippen LogP contribution is -2.51. The van der Waals surface area contributed by atoms with E-state index in [1.54, 1.807) is 0 Å². The maximum Gasteiger partial charge on any atom is 0.391 e. The van der Waals surface area contributed by atoms with Gasteiger partial charge in [0.15, 0.2) is 5.79 Å². The molecule has 0 amide bonds. The fourth-order valence-corrected chi connectivity index (χ4v) is 2.91. The van der Waals surface area contributed by atoms with E-state index >= 15 is 0 Å². The van der Waals surface area contributed by atoms with Gasteiger partial charge in [0.1, 0.15) is 12.4 Å². The summed E-state index contributed by atoms with van der Waals surface area (Å²) in [6.45, 7) is -2.97. The monoisotopic (exact) mass is 486 g/mol. The predicted molar refractivity (Wildman–Crippen MR) is 85.7 cm³/mol. The molecule has 0 saturated carbocycles. The van der Waals surface area contributed by atoms with Crippen molar-refractivity contribution >= 4 is 27.5 Å². The fraction of sp³-hybridized carbons (Fsp3) is 0.600. The van der Waals surface area contributed by atoms with Crippen LogP contribution in [0.1, 0.15) is 19.4 Å². The Morgan fingerprint density at radius 2 is 1.89 bits per heavy atom. The van der Waals surface area contributed by atoms with E-state index < -0.39 is 52.7 Å². The zero-order chi connectivity index (χ0) is 20.7. The molecule has 0 aliphatic carbocycles. The van der Waals surface area contributed by atoms with Crippen molar-refractivity contribution in [2.45, 2.75) is 42.8 Å². The Balaban J connectivity index is 2.46. The predicted octanol–water partition coefficient (Wildman–Crippen LogP) is 5.52. The Bertz CT molecular complexity index is 685. The highest BCUT2D eigenvalue weighted by molar-refractivity contribution is 9.10. The lowest BCUT2D eigenvalue weighted by molar-refractivity contribution is -0.353. The quantitative estimate of drug-likeness (QED) is 0.375. The van der Waals surface area contributed by atoms with Crippen LogP contribution in [0, 0.1) is 0 Å². The summed E-state index contributed by atoms with van der Waals surface area (Å²) in [6, 6.07) is 2.78. The molecule has 1 aromatic rings. The van der Waals surface area contributed by atoms with Crippen molar-refractivity contribution < 1.29 is 45.3 Å². The molecule has 0 N–H and O–H groups in total. The van der Waals surface area contributed by atoms with Gasteiger partial charge in [-0.25, -0.2) is 0 Å². The zero-order valence-corrected chi connectivity index (χ0v) is 16.2. The number of hydrogen-bond donors (Lipinski definition) is 0. The summed E-state index contributed by atoms with van der Waals surface area (Å²) in [6.07, 6.45) is -4.31. The van der Waals surface area contributed by atoms with E-state index in [-0.39, 0.29) is 5.75 Å². The molecule has 1 aliphatic heterocycles. The molecule has 12 heteroatoms. The molecule has 1 unspecified atom stereocenters. The van der Waals surface area contributed by atoms with Crippen LogP contribution in [0.3, 0.4) is 0 Å². The number of rotatable bonds is 7. The molecule has 0 aromatic heterocycles. The summed E-state index contributed by atoms with van der Waals surface area (Å²) in [5.74, 6) is -1.91. The third kappa shape index (κ3) is 5.20. The third-order valence-corrected chi connectivity index (χ3v) is 4.07. The maximum absolute atomic E-state index is 14.8. The van der Waals surface area contributed by atoms with E-state index in [4.69, 9.17) is 21.1 Å². The second-order valence-electron chi connectivity index (χ2n) is 6.06. The molecule has 1 atom stereocenters. The van der Waals surface area contributed by atoms with Crippen LogP contribution in [0.5, 0.6) is 5.75 Å². The van der Waals surface area contributed by atoms with Gasteiger partial charge < -0.3 is 18.9 Å². The van der Waals surface area contributed by atoms with Gasteiger partial charge in [-0.1, -0.05) is 17.7 Å². The topological polar surface area (TPSA) is 36.9 Å². The fourth-order valence-electron chi connectivity index (χ4n) is 2.48. The highest BCUT2D eigenvalue weighted by atomic mass is 79.9. The van der Waals surface area contributed by atoms with Gasteiger partial charge >= 0.3 is 17.6 Å². The van der Waals surface area contributed by atoms with Gasteiger partial charge in [0.05, 0.1) is 11.6 Å². The third-order valence-electron chi connectivity index (χ3n) is 3.53. The molecule has 0 bridgehead atoms. The lowest BCUT2D eigenvalue weighted by Gasteiger charge is -2.36. The van der Waals surface area contributed by atoms with E-state index in [1.807, 2.05) is 15.9 Å². The van der Waals surface area contributed by atoms with Crippen molar-refractivity contribution in [1.82, 2.24) is 0 Å².